The molecule has 0 heterocycles. The number of benzene rings is 2. The summed E-state index contributed by atoms with van der Waals surface area (Å²) in [6, 6.07) is 12.7. The highest BCUT2D eigenvalue weighted by atomic mass is 79.9. The highest BCUT2D eigenvalue weighted by Gasteiger charge is 2.21. The number of anilines is 1. The van der Waals surface area contributed by atoms with E-state index in [-0.39, 0.29) is 11.8 Å². The molecule has 4 nitrogen and oxygen atoms in total. The summed E-state index contributed by atoms with van der Waals surface area (Å²) in [6.07, 6.45) is -0.893. The molecule has 0 spiro atoms. The van der Waals surface area contributed by atoms with Crippen molar-refractivity contribution in [2.75, 3.05) is 5.32 Å². The molecule has 0 unspecified atom stereocenters. The van der Waals surface area contributed by atoms with E-state index in [0.717, 1.165) is 21.3 Å². The number of halogens is 1. The second-order valence-electron chi connectivity index (χ2n) is 6.24. The van der Waals surface area contributed by atoms with Gasteiger partial charge in [0, 0.05) is 10.2 Å². The van der Waals surface area contributed by atoms with E-state index in [4.69, 9.17) is 4.74 Å². The molecule has 0 bridgehead atoms. The van der Waals surface area contributed by atoms with Gasteiger partial charge in [0.2, 0.25) is 0 Å². The second kappa shape index (κ2) is 8.30. The van der Waals surface area contributed by atoms with Gasteiger partial charge in [0.1, 0.15) is 0 Å². The van der Waals surface area contributed by atoms with E-state index < -0.39 is 12.1 Å². The molecule has 1 N–H and O–H groups in total. The number of aryl methyl sites for hydroxylation is 1. The SMILES string of the molecule is Cc1cccc(C(C)C)c1NC(=O)[C@@H](C)OC(=O)c1ccc(Br)cc1. The molecule has 5 heteroatoms. The molecule has 0 aliphatic heterocycles. The van der Waals surface area contributed by atoms with Crippen molar-refractivity contribution in [1.82, 2.24) is 0 Å². The van der Waals surface area contributed by atoms with Crippen LogP contribution in [0.1, 0.15) is 48.2 Å². The van der Waals surface area contributed by atoms with Gasteiger partial charge in [0.25, 0.3) is 5.91 Å². The zero-order chi connectivity index (χ0) is 18.6. The molecule has 2 aromatic rings. The zero-order valence-electron chi connectivity index (χ0n) is 14.8. The van der Waals surface area contributed by atoms with Crippen LogP contribution in [-0.2, 0) is 9.53 Å². The minimum Gasteiger partial charge on any atom is -0.449 e. The maximum Gasteiger partial charge on any atom is 0.338 e. The zero-order valence-corrected chi connectivity index (χ0v) is 16.4. The van der Waals surface area contributed by atoms with Crippen LogP contribution in [0.4, 0.5) is 5.69 Å². The van der Waals surface area contributed by atoms with Gasteiger partial charge in [-0.3, -0.25) is 4.79 Å². The van der Waals surface area contributed by atoms with Gasteiger partial charge < -0.3 is 10.1 Å². The Labute approximate surface area is 156 Å². The molecule has 0 aliphatic carbocycles. The van der Waals surface area contributed by atoms with Crippen LogP contribution in [-0.4, -0.2) is 18.0 Å². The van der Waals surface area contributed by atoms with Gasteiger partial charge in [-0.25, -0.2) is 4.79 Å². The fourth-order valence-corrected chi connectivity index (χ4v) is 2.70. The molecule has 25 heavy (non-hydrogen) atoms. The standard InChI is InChI=1S/C20H22BrNO3/c1-12(2)17-7-5-6-13(3)18(17)22-19(23)14(4)25-20(24)15-8-10-16(21)11-9-15/h5-12,14H,1-4H3,(H,22,23)/t14-/m1/s1. The predicted molar refractivity (Wildman–Crippen MR) is 103 cm³/mol. The number of nitrogens with one attached hydrogen (secondary N) is 1. The molecule has 2 aromatic carbocycles. The van der Waals surface area contributed by atoms with Crippen LogP contribution in [0.2, 0.25) is 0 Å². The third kappa shape index (κ3) is 4.92. The van der Waals surface area contributed by atoms with Crippen LogP contribution in [0.25, 0.3) is 0 Å². The summed E-state index contributed by atoms with van der Waals surface area (Å²) in [5.74, 6) is -0.596. The van der Waals surface area contributed by atoms with E-state index in [1.807, 2.05) is 25.1 Å². The third-order valence-corrected chi connectivity index (χ3v) is 4.44. The molecule has 0 radical (unpaired) electrons. The number of para-hydroxylation sites is 1. The average Bonchev–Trinajstić information content (AvgIpc) is 2.56. The lowest BCUT2D eigenvalue weighted by Crippen LogP contribution is -2.30. The number of hydrogen-bond donors (Lipinski definition) is 1. The maximum absolute atomic E-state index is 12.5. The van der Waals surface area contributed by atoms with Crippen molar-refractivity contribution in [1.29, 1.82) is 0 Å². The number of amides is 1. The third-order valence-electron chi connectivity index (χ3n) is 3.91. The van der Waals surface area contributed by atoms with Crippen molar-refractivity contribution in [3.63, 3.8) is 0 Å². The minimum atomic E-state index is -0.893. The summed E-state index contributed by atoms with van der Waals surface area (Å²) in [6.45, 7) is 7.66. The molecule has 1 atom stereocenters. The Morgan fingerprint density at radius 2 is 1.68 bits per heavy atom. The van der Waals surface area contributed by atoms with Crippen molar-refractivity contribution in [3.05, 3.63) is 63.6 Å². The molecule has 132 valence electrons. The Kier molecular flexibility index (Phi) is 6.37. The van der Waals surface area contributed by atoms with E-state index in [9.17, 15) is 9.59 Å². The number of ether oxygens (including phenoxy) is 1. The fraction of sp³-hybridized carbons (Fsp3) is 0.300. The van der Waals surface area contributed by atoms with Crippen molar-refractivity contribution < 1.29 is 14.3 Å². The van der Waals surface area contributed by atoms with Gasteiger partial charge in [0.15, 0.2) is 6.10 Å². The topological polar surface area (TPSA) is 55.4 Å². The van der Waals surface area contributed by atoms with Crippen molar-refractivity contribution in [2.45, 2.75) is 39.7 Å². The van der Waals surface area contributed by atoms with E-state index in [2.05, 4.69) is 35.1 Å². The van der Waals surface area contributed by atoms with Gasteiger partial charge in [-0.15, -0.1) is 0 Å². The van der Waals surface area contributed by atoms with Gasteiger partial charge in [-0.05, 0) is 55.2 Å². The minimum absolute atomic E-state index is 0.274. The molecule has 2 rings (SSSR count). The Morgan fingerprint density at radius 3 is 2.28 bits per heavy atom. The number of esters is 1. The lowest BCUT2D eigenvalue weighted by atomic mass is 9.98. The Hall–Kier alpha value is -2.14. The second-order valence-corrected chi connectivity index (χ2v) is 7.15. The summed E-state index contributed by atoms with van der Waals surface area (Å²) < 4.78 is 6.16. The quantitative estimate of drug-likeness (QED) is 0.709. The highest BCUT2D eigenvalue weighted by Crippen LogP contribution is 2.27. The molecule has 0 aliphatic rings. The smallest absolute Gasteiger partial charge is 0.338 e. The van der Waals surface area contributed by atoms with Crippen molar-refractivity contribution >= 4 is 33.5 Å². The predicted octanol–water partition coefficient (Wildman–Crippen LogP) is 5.06. The normalized spacial score (nSPS) is 11.9. The van der Waals surface area contributed by atoms with Crippen LogP contribution in [0.5, 0.6) is 0 Å². The van der Waals surface area contributed by atoms with Crippen LogP contribution >= 0.6 is 15.9 Å². The Morgan fingerprint density at radius 1 is 1.04 bits per heavy atom. The van der Waals surface area contributed by atoms with E-state index >= 15 is 0 Å². The largest absolute Gasteiger partial charge is 0.449 e. The van der Waals surface area contributed by atoms with Crippen LogP contribution in [0.15, 0.2) is 46.9 Å². The lowest BCUT2D eigenvalue weighted by Gasteiger charge is -2.19. The summed E-state index contributed by atoms with van der Waals surface area (Å²) >= 11 is 3.31. The van der Waals surface area contributed by atoms with Crippen LogP contribution < -0.4 is 5.32 Å². The molecule has 1 amide bonds. The lowest BCUT2D eigenvalue weighted by molar-refractivity contribution is -0.123. The summed E-state index contributed by atoms with van der Waals surface area (Å²) in [5.41, 5.74) is 3.22. The van der Waals surface area contributed by atoms with E-state index in [1.54, 1.807) is 31.2 Å². The van der Waals surface area contributed by atoms with E-state index in [1.165, 1.54) is 0 Å². The van der Waals surface area contributed by atoms with Crippen molar-refractivity contribution in [3.8, 4) is 0 Å². The van der Waals surface area contributed by atoms with Gasteiger partial charge in [-0.2, -0.15) is 0 Å². The molecule has 0 saturated heterocycles. The molecule has 0 saturated carbocycles. The van der Waals surface area contributed by atoms with Gasteiger partial charge in [-0.1, -0.05) is 48.0 Å². The maximum atomic E-state index is 12.5. The first-order chi connectivity index (χ1) is 11.8. The molecule has 0 fully saturated rings. The Balaban J connectivity index is 2.08. The monoisotopic (exact) mass is 403 g/mol. The number of rotatable bonds is 5. The molecular formula is C20H22BrNO3. The number of carbonyl (C=O) groups is 2. The van der Waals surface area contributed by atoms with Crippen molar-refractivity contribution in [2.24, 2.45) is 0 Å². The van der Waals surface area contributed by atoms with Crippen LogP contribution in [0.3, 0.4) is 0 Å². The first-order valence-electron chi connectivity index (χ1n) is 8.16. The summed E-state index contributed by atoms with van der Waals surface area (Å²) in [4.78, 5) is 24.6. The average molecular weight is 404 g/mol. The number of hydrogen-bond acceptors (Lipinski definition) is 3. The van der Waals surface area contributed by atoms with E-state index in [0.29, 0.717) is 5.56 Å². The number of carbonyl (C=O) groups excluding carboxylic acids is 2. The Bertz CT molecular complexity index is 769. The molecular weight excluding hydrogens is 382 g/mol. The van der Waals surface area contributed by atoms with Gasteiger partial charge >= 0.3 is 5.97 Å². The van der Waals surface area contributed by atoms with Gasteiger partial charge in [0.05, 0.1) is 5.56 Å². The van der Waals surface area contributed by atoms with Crippen LogP contribution in [0, 0.1) is 6.92 Å². The first-order valence-corrected chi connectivity index (χ1v) is 8.95. The summed E-state index contributed by atoms with van der Waals surface area (Å²) in [7, 11) is 0. The highest BCUT2D eigenvalue weighted by molar-refractivity contribution is 9.10. The fourth-order valence-electron chi connectivity index (χ4n) is 2.44. The first kappa shape index (κ1) is 19.2. The summed E-state index contributed by atoms with van der Waals surface area (Å²) in [5, 5.41) is 2.90. The molecule has 0 aromatic heterocycles.